The highest BCUT2D eigenvalue weighted by Gasteiger charge is 2.26. The van der Waals surface area contributed by atoms with Crippen molar-refractivity contribution in [1.82, 2.24) is 4.31 Å². The third kappa shape index (κ3) is 7.12. The SMILES string of the molecule is CCOC(=O)CCS(=O)(=O)N(CCC(=O)O)C(C)C. The molecule has 1 N–H and O–H groups in total. The maximum atomic E-state index is 12.0. The molecule has 0 atom stereocenters. The Labute approximate surface area is 113 Å². The second-order valence-corrected chi connectivity index (χ2v) is 6.26. The molecular formula is C11H21NO6S. The summed E-state index contributed by atoms with van der Waals surface area (Å²) in [4.78, 5) is 21.7. The van der Waals surface area contributed by atoms with Gasteiger partial charge in [-0.1, -0.05) is 0 Å². The van der Waals surface area contributed by atoms with Gasteiger partial charge in [0, 0.05) is 12.6 Å². The fourth-order valence-electron chi connectivity index (χ4n) is 1.49. The molecular weight excluding hydrogens is 274 g/mol. The van der Waals surface area contributed by atoms with Crippen molar-refractivity contribution in [3.8, 4) is 0 Å². The van der Waals surface area contributed by atoms with Crippen LogP contribution in [0.2, 0.25) is 0 Å². The zero-order valence-corrected chi connectivity index (χ0v) is 12.3. The normalized spacial score (nSPS) is 11.8. The summed E-state index contributed by atoms with van der Waals surface area (Å²) in [7, 11) is -3.66. The Hall–Kier alpha value is -1.15. The number of hydrogen-bond acceptors (Lipinski definition) is 5. The molecule has 0 saturated carbocycles. The summed E-state index contributed by atoms with van der Waals surface area (Å²) in [6, 6.07) is -0.355. The van der Waals surface area contributed by atoms with Crippen molar-refractivity contribution in [3.63, 3.8) is 0 Å². The molecule has 0 unspecified atom stereocenters. The number of carbonyl (C=O) groups is 2. The van der Waals surface area contributed by atoms with Crippen molar-refractivity contribution in [2.75, 3.05) is 18.9 Å². The molecule has 0 aliphatic carbocycles. The van der Waals surface area contributed by atoms with Gasteiger partial charge in [0.15, 0.2) is 0 Å². The Morgan fingerprint density at radius 2 is 1.84 bits per heavy atom. The van der Waals surface area contributed by atoms with Crippen LogP contribution in [0, 0.1) is 0 Å². The summed E-state index contributed by atoms with van der Waals surface area (Å²) < 4.78 is 29.8. The van der Waals surface area contributed by atoms with Crippen LogP contribution in [0.1, 0.15) is 33.6 Å². The molecule has 0 aromatic heterocycles. The van der Waals surface area contributed by atoms with Crippen molar-refractivity contribution >= 4 is 22.0 Å². The molecule has 0 aromatic carbocycles. The average Bonchev–Trinajstić information content (AvgIpc) is 2.26. The molecule has 0 aromatic rings. The predicted octanol–water partition coefficient (Wildman–Crippen LogP) is 0.455. The Morgan fingerprint density at radius 3 is 2.26 bits per heavy atom. The topological polar surface area (TPSA) is 101 Å². The molecule has 0 radical (unpaired) electrons. The van der Waals surface area contributed by atoms with Crippen molar-refractivity contribution in [2.24, 2.45) is 0 Å². The standard InChI is InChI=1S/C11H21NO6S/c1-4-18-11(15)6-8-19(16,17)12(9(2)3)7-5-10(13)14/h9H,4-8H2,1-3H3,(H,13,14). The van der Waals surface area contributed by atoms with Gasteiger partial charge < -0.3 is 9.84 Å². The van der Waals surface area contributed by atoms with Crippen LogP contribution in [0.4, 0.5) is 0 Å². The Bertz CT molecular complexity index is 403. The molecule has 8 heteroatoms. The first-order chi connectivity index (χ1) is 8.70. The van der Waals surface area contributed by atoms with E-state index in [4.69, 9.17) is 5.11 Å². The smallest absolute Gasteiger partial charge is 0.306 e. The molecule has 0 amide bonds. The first-order valence-electron chi connectivity index (χ1n) is 6.07. The van der Waals surface area contributed by atoms with Crippen LogP contribution in [-0.2, 0) is 24.3 Å². The lowest BCUT2D eigenvalue weighted by molar-refractivity contribution is -0.142. The minimum absolute atomic E-state index is 0.0990. The van der Waals surface area contributed by atoms with Crippen molar-refractivity contribution < 1.29 is 27.9 Å². The highest BCUT2D eigenvalue weighted by molar-refractivity contribution is 7.89. The zero-order chi connectivity index (χ0) is 15.1. The lowest BCUT2D eigenvalue weighted by atomic mass is 10.3. The van der Waals surface area contributed by atoms with E-state index in [0.717, 1.165) is 4.31 Å². The maximum Gasteiger partial charge on any atom is 0.306 e. The highest BCUT2D eigenvalue weighted by atomic mass is 32.2. The van der Waals surface area contributed by atoms with Gasteiger partial charge >= 0.3 is 11.9 Å². The van der Waals surface area contributed by atoms with Crippen LogP contribution in [-0.4, -0.2) is 54.7 Å². The summed E-state index contributed by atoms with van der Waals surface area (Å²) in [5, 5.41) is 8.60. The summed E-state index contributed by atoms with van der Waals surface area (Å²) >= 11 is 0. The molecule has 0 saturated heterocycles. The van der Waals surface area contributed by atoms with Crippen LogP contribution in [0.3, 0.4) is 0 Å². The molecule has 0 fully saturated rings. The Kier molecular flexibility index (Phi) is 7.62. The molecule has 112 valence electrons. The molecule has 0 aliphatic heterocycles. The molecule has 0 spiro atoms. The van der Waals surface area contributed by atoms with E-state index in [-0.39, 0.29) is 37.8 Å². The van der Waals surface area contributed by atoms with Crippen molar-refractivity contribution in [1.29, 1.82) is 0 Å². The van der Waals surface area contributed by atoms with Crippen LogP contribution >= 0.6 is 0 Å². The van der Waals surface area contributed by atoms with Gasteiger partial charge in [-0.05, 0) is 20.8 Å². The van der Waals surface area contributed by atoms with Gasteiger partial charge in [0.1, 0.15) is 0 Å². The second kappa shape index (κ2) is 8.11. The number of sulfonamides is 1. The minimum Gasteiger partial charge on any atom is -0.481 e. The summed E-state index contributed by atoms with van der Waals surface area (Å²) in [5.74, 6) is -2.01. The van der Waals surface area contributed by atoms with Crippen LogP contribution in [0.25, 0.3) is 0 Å². The number of hydrogen-bond donors (Lipinski definition) is 1. The third-order valence-electron chi connectivity index (χ3n) is 2.35. The number of carbonyl (C=O) groups excluding carboxylic acids is 1. The predicted molar refractivity (Wildman–Crippen MR) is 69.1 cm³/mol. The molecule has 0 aliphatic rings. The van der Waals surface area contributed by atoms with E-state index in [2.05, 4.69) is 4.74 Å². The fourth-order valence-corrected chi connectivity index (χ4v) is 3.16. The number of carboxylic acid groups (broad SMARTS) is 1. The lowest BCUT2D eigenvalue weighted by Gasteiger charge is -2.25. The number of aliphatic carboxylic acids is 1. The van der Waals surface area contributed by atoms with E-state index in [1.165, 1.54) is 0 Å². The molecule has 7 nitrogen and oxygen atoms in total. The van der Waals surface area contributed by atoms with Crippen molar-refractivity contribution in [3.05, 3.63) is 0 Å². The van der Waals surface area contributed by atoms with E-state index in [0.29, 0.717) is 0 Å². The molecule has 0 heterocycles. The van der Waals surface area contributed by atoms with E-state index in [1.807, 2.05) is 0 Å². The summed E-state index contributed by atoms with van der Waals surface area (Å²) in [6.45, 7) is 5.05. The zero-order valence-electron chi connectivity index (χ0n) is 11.5. The number of ether oxygens (including phenoxy) is 1. The quantitative estimate of drug-likeness (QED) is 0.620. The summed E-state index contributed by atoms with van der Waals surface area (Å²) in [6.07, 6.45) is -0.497. The maximum absolute atomic E-state index is 12.0. The summed E-state index contributed by atoms with van der Waals surface area (Å²) in [5.41, 5.74) is 0. The van der Waals surface area contributed by atoms with Crippen LogP contribution in [0.5, 0.6) is 0 Å². The highest BCUT2D eigenvalue weighted by Crippen LogP contribution is 2.10. The first kappa shape index (κ1) is 17.8. The van der Waals surface area contributed by atoms with Gasteiger partial charge in [0.05, 0.1) is 25.2 Å². The fraction of sp³-hybridized carbons (Fsp3) is 0.818. The van der Waals surface area contributed by atoms with Gasteiger partial charge in [0.25, 0.3) is 0 Å². The monoisotopic (exact) mass is 295 g/mol. The largest absolute Gasteiger partial charge is 0.481 e. The lowest BCUT2D eigenvalue weighted by Crippen LogP contribution is -2.40. The molecule has 0 bridgehead atoms. The second-order valence-electron chi connectivity index (χ2n) is 4.22. The number of esters is 1. The van der Waals surface area contributed by atoms with Crippen LogP contribution in [0.15, 0.2) is 0 Å². The van der Waals surface area contributed by atoms with Gasteiger partial charge in [-0.25, -0.2) is 8.42 Å². The molecule has 19 heavy (non-hydrogen) atoms. The number of carboxylic acids is 1. The Morgan fingerprint density at radius 1 is 1.26 bits per heavy atom. The van der Waals surface area contributed by atoms with Gasteiger partial charge in [-0.15, -0.1) is 0 Å². The molecule has 0 rings (SSSR count). The van der Waals surface area contributed by atoms with E-state index in [1.54, 1.807) is 20.8 Å². The Balaban J connectivity index is 4.62. The minimum atomic E-state index is -3.66. The number of rotatable bonds is 9. The van der Waals surface area contributed by atoms with Gasteiger partial charge in [-0.3, -0.25) is 9.59 Å². The van der Waals surface area contributed by atoms with E-state index < -0.39 is 22.0 Å². The third-order valence-corrected chi connectivity index (χ3v) is 4.39. The number of nitrogens with zero attached hydrogens (tertiary/aromatic N) is 1. The van der Waals surface area contributed by atoms with E-state index in [9.17, 15) is 18.0 Å². The van der Waals surface area contributed by atoms with Crippen LogP contribution < -0.4 is 0 Å². The van der Waals surface area contributed by atoms with E-state index >= 15 is 0 Å². The van der Waals surface area contributed by atoms with Crippen molar-refractivity contribution in [2.45, 2.75) is 39.7 Å². The van der Waals surface area contributed by atoms with Gasteiger partial charge in [0.2, 0.25) is 10.0 Å². The first-order valence-corrected chi connectivity index (χ1v) is 7.68. The average molecular weight is 295 g/mol. The van der Waals surface area contributed by atoms with Gasteiger partial charge in [-0.2, -0.15) is 4.31 Å².